The van der Waals surface area contributed by atoms with E-state index in [2.05, 4.69) is 10.1 Å². The first kappa shape index (κ1) is 12.7. The summed E-state index contributed by atoms with van der Waals surface area (Å²) < 4.78 is 3.67. The van der Waals surface area contributed by atoms with Crippen LogP contribution in [0.3, 0.4) is 0 Å². The number of pyridine rings is 1. The molecule has 7 heteroatoms. The lowest BCUT2D eigenvalue weighted by Crippen LogP contribution is -2.13. The predicted octanol–water partition coefficient (Wildman–Crippen LogP) is 1.69. The van der Waals surface area contributed by atoms with E-state index in [9.17, 15) is 4.79 Å². The Bertz CT molecular complexity index is 776. The van der Waals surface area contributed by atoms with Crippen LogP contribution in [-0.2, 0) is 13.1 Å². The van der Waals surface area contributed by atoms with Gasteiger partial charge in [-0.1, -0.05) is 11.6 Å². The molecule has 0 bridgehead atoms. The average molecular weight is 290 g/mol. The number of halogens is 1. The minimum absolute atomic E-state index is 0.267. The second-order valence-electron chi connectivity index (χ2n) is 4.38. The number of nitrogens with two attached hydrogens (primary N) is 1. The summed E-state index contributed by atoms with van der Waals surface area (Å²) in [5.41, 5.74) is 6.26. The largest absolute Gasteiger partial charge is 0.364 e. The van der Waals surface area contributed by atoms with E-state index in [-0.39, 0.29) is 5.69 Å². The van der Waals surface area contributed by atoms with E-state index in [0.29, 0.717) is 18.2 Å². The van der Waals surface area contributed by atoms with E-state index < -0.39 is 5.91 Å². The number of primary amides is 1. The third kappa shape index (κ3) is 2.37. The lowest BCUT2D eigenvalue weighted by molar-refractivity contribution is 0.0994. The number of hydrogen-bond acceptors (Lipinski definition) is 3. The summed E-state index contributed by atoms with van der Waals surface area (Å²) in [5, 5.41) is 5.59. The maximum absolute atomic E-state index is 11.0. The Morgan fingerprint density at radius 3 is 2.80 bits per heavy atom. The minimum atomic E-state index is -0.524. The van der Waals surface area contributed by atoms with Crippen LogP contribution in [-0.4, -0.2) is 25.2 Å². The zero-order valence-electron chi connectivity index (χ0n) is 10.5. The molecule has 6 nitrogen and oxygen atoms in total. The third-order valence-electron chi connectivity index (χ3n) is 3.04. The molecule has 0 aliphatic carbocycles. The van der Waals surface area contributed by atoms with Gasteiger partial charge in [0.25, 0.3) is 5.91 Å². The van der Waals surface area contributed by atoms with Crippen molar-refractivity contribution in [3.8, 4) is 0 Å². The maximum Gasteiger partial charge on any atom is 0.269 e. The van der Waals surface area contributed by atoms with Gasteiger partial charge in [-0.3, -0.25) is 9.48 Å². The number of aromatic nitrogens is 4. The Morgan fingerprint density at radius 1 is 1.20 bits per heavy atom. The third-order valence-corrected chi connectivity index (χ3v) is 3.25. The van der Waals surface area contributed by atoms with Gasteiger partial charge in [0.05, 0.1) is 6.54 Å². The first-order valence-electron chi connectivity index (χ1n) is 6.08. The summed E-state index contributed by atoms with van der Waals surface area (Å²) >= 11 is 5.91. The second kappa shape index (κ2) is 4.97. The summed E-state index contributed by atoms with van der Waals surface area (Å²) in [6.07, 6.45) is 3.68. The number of aryl methyl sites for hydroxylation is 2. The van der Waals surface area contributed by atoms with Crippen LogP contribution in [0.4, 0.5) is 0 Å². The molecule has 1 amide bonds. The number of carbonyl (C=O) groups is 1. The van der Waals surface area contributed by atoms with Gasteiger partial charge in [0.15, 0.2) is 0 Å². The number of amides is 1. The standard InChI is InChI=1S/C13H12ClN5O/c14-11-2-1-9-3-5-18(13(9)16-11)7-8-19-6-4-10(17-19)12(15)20/h1-6H,7-8H2,(H2,15,20). The molecule has 0 saturated carbocycles. The lowest BCUT2D eigenvalue weighted by Gasteiger charge is -2.05. The van der Waals surface area contributed by atoms with Gasteiger partial charge in [-0.2, -0.15) is 5.10 Å². The van der Waals surface area contributed by atoms with E-state index in [1.807, 2.05) is 22.9 Å². The molecule has 0 aliphatic rings. The summed E-state index contributed by atoms with van der Waals surface area (Å²) in [6.45, 7) is 1.29. The quantitative estimate of drug-likeness (QED) is 0.742. The van der Waals surface area contributed by atoms with Crippen LogP contribution in [0.5, 0.6) is 0 Å². The normalized spacial score (nSPS) is 11.1. The highest BCUT2D eigenvalue weighted by Gasteiger charge is 2.06. The predicted molar refractivity (Wildman–Crippen MR) is 75.5 cm³/mol. The molecule has 0 aromatic carbocycles. The number of carbonyl (C=O) groups excluding carboxylic acids is 1. The zero-order valence-corrected chi connectivity index (χ0v) is 11.3. The fourth-order valence-corrected chi connectivity index (χ4v) is 2.19. The maximum atomic E-state index is 11.0. The van der Waals surface area contributed by atoms with Crippen molar-refractivity contribution < 1.29 is 4.79 Å². The fourth-order valence-electron chi connectivity index (χ4n) is 2.05. The molecule has 0 fully saturated rings. The molecule has 0 saturated heterocycles. The van der Waals surface area contributed by atoms with Gasteiger partial charge in [-0.05, 0) is 24.3 Å². The average Bonchev–Trinajstić information content (AvgIpc) is 3.02. The zero-order chi connectivity index (χ0) is 14.1. The molecule has 3 rings (SSSR count). The number of hydrogen-bond donors (Lipinski definition) is 1. The van der Waals surface area contributed by atoms with Crippen molar-refractivity contribution >= 4 is 28.5 Å². The van der Waals surface area contributed by atoms with Crippen molar-refractivity contribution in [2.24, 2.45) is 5.73 Å². The van der Waals surface area contributed by atoms with Crippen LogP contribution < -0.4 is 5.73 Å². The van der Waals surface area contributed by atoms with Crippen molar-refractivity contribution in [1.29, 1.82) is 0 Å². The van der Waals surface area contributed by atoms with Crippen LogP contribution in [0.25, 0.3) is 11.0 Å². The van der Waals surface area contributed by atoms with Crippen molar-refractivity contribution in [2.75, 3.05) is 0 Å². The topological polar surface area (TPSA) is 78.7 Å². The Balaban J connectivity index is 1.79. The van der Waals surface area contributed by atoms with Crippen LogP contribution in [0, 0.1) is 0 Å². The molecule has 3 aromatic rings. The SMILES string of the molecule is NC(=O)c1ccn(CCn2ccc3ccc(Cl)nc32)n1. The van der Waals surface area contributed by atoms with Crippen molar-refractivity contribution in [2.45, 2.75) is 13.1 Å². The smallest absolute Gasteiger partial charge is 0.269 e. The number of nitrogens with zero attached hydrogens (tertiary/aromatic N) is 4. The molecule has 0 atom stereocenters. The summed E-state index contributed by atoms with van der Waals surface area (Å²) in [6, 6.07) is 7.28. The summed E-state index contributed by atoms with van der Waals surface area (Å²) in [5.74, 6) is -0.524. The van der Waals surface area contributed by atoms with Gasteiger partial charge in [-0.25, -0.2) is 4.98 Å². The molecule has 0 aliphatic heterocycles. The van der Waals surface area contributed by atoms with Crippen LogP contribution >= 0.6 is 11.6 Å². The Morgan fingerprint density at radius 2 is 2.05 bits per heavy atom. The molecule has 0 radical (unpaired) electrons. The summed E-state index contributed by atoms with van der Waals surface area (Å²) in [7, 11) is 0. The van der Waals surface area contributed by atoms with Gasteiger partial charge in [-0.15, -0.1) is 0 Å². The van der Waals surface area contributed by atoms with Crippen molar-refractivity contribution in [1.82, 2.24) is 19.3 Å². The molecule has 102 valence electrons. The van der Waals surface area contributed by atoms with E-state index in [0.717, 1.165) is 11.0 Å². The van der Waals surface area contributed by atoms with Crippen molar-refractivity contribution in [3.63, 3.8) is 0 Å². The molecular weight excluding hydrogens is 278 g/mol. The van der Waals surface area contributed by atoms with Crippen LogP contribution in [0.15, 0.2) is 36.7 Å². The molecule has 0 spiro atoms. The highest BCUT2D eigenvalue weighted by molar-refractivity contribution is 6.29. The fraction of sp³-hybridized carbons (Fsp3) is 0.154. The van der Waals surface area contributed by atoms with Gasteiger partial charge >= 0.3 is 0 Å². The molecule has 2 N–H and O–H groups in total. The van der Waals surface area contributed by atoms with Gasteiger partial charge in [0.1, 0.15) is 16.5 Å². The van der Waals surface area contributed by atoms with Gasteiger partial charge in [0.2, 0.25) is 0 Å². The van der Waals surface area contributed by atoms with E-state index in [4.69, 9.17) is 17.3 Å². The van der Waals surface area contributed by atoms with E-state index >= 15 is 0 Å². The van der Waals surface area contributed by atoms with Crippen molar-refractivity contribution in [3.05, 3.63) is 47.5 Å². The first-order valence-corrected chi connectivity index (χ1v) is 6.46. The number of rotatable bonds is 4. The molecule has 20 heavy (non-hydrogen) atoms. The molecular formula is C13H12ClN5O. The highest BCUT2D eigenvalue weighted by atomic mass is 35.5. The molecule has 3 aromatic heterocycles. The Kier molecular flexibility index (Phi) is 3.15. The Hall–Kier alpha value is -2.34. The molecule has 0 unspecified atom stereocenters. The second-order valence-corrected chi connectivity index (χ2v) is 4.77. The van der Waals surface area contributed by atoms with Crippen LogP contribution in [0.2, 0.25) is 5.15 Å². The van der Waals surface area contributed by atoms with E-state index in [1.165, 1.54) is 0 Å². The number of fused-ring (bicyclic) bond motifs is 1. The summed E-state index contributed by atoms with van der Waals surface area (Å²) in [4.78, 5) is 15.3. The minimum Gasteiger partial charge on any atom is -0.364 e. The highest BCUT2D eigenvalue weighted by Crippen LogP contribution is 2.16. The van der Waals surface area contributed by atoms with Gasteiger partial charge < -0.3 is 10.3 Å². The first-order chi connectivity index (χ1) is 9.63. The lowest BCUT2D eigenvalue weighted by atomic mass is 10.3. The van der Waals surface area contributed by atoms with Crippen LogP contribution in [0.1, 0.15) is 10.5 Å². The monoisotopic (exact) mass is 289 g/mol. The van der Waals surface area contributed by atoms with E-state index in [1.54, 1.807) is 23.0 Å². The Labute approximate surface area is 119 Å². The molecule has 3 heterocycles. The van der Waals surface area contributed by atoms with Gasteiger partial charge in [0, 0.05) is 24.3 Å².